The second kappa shape index (κ2) is 9.40. The van der Waals surface area contributed by atoms with Gasteiger partial charge in [0.1, 0.15) is 6.04 Å². The van der Waals surface area contributed by atoms with E-state index >= 15 is 0 Å². The molecule has 0 saturated carbocycles. The molecule has 1 saturated heterocycles. The molecule has 0 radical (unpaired) electrons. The summed E-state index contributed by atoms with van der Waals surface area (Å²) in [5, 5.41) is 0.418. The van der Waals surface area contributed by atoms with E-state index in [9.17, 15) is 13.2 Å². The molecule has 10 heteroatoms. The number of anilines is 1. The number of benzene rings is 2. The van der Waals surface area contributed by atoms with Gasteiger partial charge in [-0.05, 0) is 49.2 Å². The van der Waals surface area contributed by atoms with Crippen molar-refractivity contribution in [2.75, 3.05) is 43.5 Å². The maximum atomic E-state index is 13.3. The highest BCUT2D eigenvalue weighted by Crippen LogP contribution is 2.33. The molecule has 2 aromatic rings. The summed E-state index contributed by atoms with van der Waals surface area (Å²) < 4.78 is 37.3. The Bertz CT molecular complexity index is 1150. The maximum absolute atomic E-state index is 13.3. The summed E-state index contributed by atoms with van der Waals surface area (Å²) in [6.45, 7) is 6.87. The number of piperazine rings is 1. The molecular formula is C23H28ClN3O5S. The van der Waals surface area contributed by atoms with Crippen LogP contribution in [-0.2, 0) is 21.4 Å². The molecule has 0 aromatic heterocycles. The number of hydrogen-bond acceptors (Lipinski definition) is 6. The SMILES string of the molecule is Cc1ccc(Cl)cc1N(C(C)C(=O)N1CCN(Cc2ccc3c(c2)OCO3)CC1)S(C)(=O)=O. The highest BCUT2D eigenvalue weighted by Gasteiger charge is 2.34. The van der Waals surface area contributed by atoms with Gasteiger partial charge in [0, 0.05) is 37.7 Å². The molecule has 2 aromatic carbocycles. The van der Waals surface area contributed by atoms with Gasteiger partial charge in [-0.3, -0.25) is 14.0 Å². The quantitative estimate of drug-likeness (QED) is 0.615. The number of amides is 1. The van der Waals surface area contributed by atoms with E-state index in [1.165, 1.54) is 4.31 Å². The van der Waals surface area contributed by atoms with E-state index in [1.54, 1.807) is 36.9 Å². The van der Waals surface area contributed by atoms with Crippen LogP contribution >= 0.6 is 11.6 Å². The monoisotopic (exact) mass is 493 g/mol. The first-order valence-corrected chi connectivity index (χ1v) is 13.0. The summed E-state index contributed by atoms with van der Waals surface area (Å²) in [5.74, 6) is 1.29. The molecule has 8 nitrogen and oxygen atoms in total. The molecule has 1 unspecified atom stereocenters. The molecule has 2 aliphatic heterocycles. The van der Waals surface area contributed by atoms with Gasteiger partial charge in [0.05, 0.1) is 11.9 Å². The predicted molar refractivity (Wildman–Crippen MR) is 127 cm³/mol. The average Bonchev–Trinajstić information content (AvgIpc) is 3.23. The van der Waals surface area contributed by atoms with Crippen LogP contribution in [0.1, 0.15) is 18.1 Å². The van der Waals surface area contributed by atoms with E-state index in [0.717, 1.165) is 35.4 Å². The van der Waals surface area contributed by atoms with E-state index in [-0.39, 0.29) is 12.7 Å². The first-order chi connectivity index (χ1) is 15.6. The first-order valence-electron chi connectivity index (χ1n) is 10.8. The second-order valence-electron chi connectivity index (χ2n) is 8.45. The van der Waals surface area contributed by atoms with Crippen LogP contribution in [0.4, 0.5) is 5.69 Å². The normalized spacial score (nSPS) is 17.2. The van der Waals surface area contributed by atoms with Crippen LogP contribution < -0.4 is 13.8 Å². The van der Waals surface area contributed by atoms with Crippen molar-refractivity contribution in [1.82, 2.24) is 9.80 Å². The van der Waals surface area contributed by atoms with Crippen molar-refractivity contribution < 1.29 is 22.7 Å². The highest BCUT2D eigenvalue weighted by molar-refractivity contribution is 7.92. The Labute approximate surface area is 199 Å². The lowest BCUT2D eigenvalue weighted by Gasteiger charge is -2.38. The highest BCUT2D eigenvalue weighted by atomic mass is 35.5. The Hall–Kier alpha value is -2.49. The van der Waals surface area contributed by atoms with Crippen LogP contribution in [0.25, 0.3) is 0 Å². The van der Waals surface area contributed by atoms with E-state index in [4.69, 9.17) is 21.1 Å². The van der Waals surface area contributed by atoms with Crippen molar-refractivity contribution >= 4 is 33.2 Å². The molecule has 4 rings (SSSR count). The van der Waals surface area contributed by atoms with Crippen molar-refractivity contribution in [2.24, 2.45) is 0 Å². The zero-order chi connectivity index (χ0) is 23.8. The van der Waals surface area contributed by atoms with Gasteiger partial charge in [0.15, 0.2) is 11.5 Å². The van der Waals surface area contributed by atoms with Gasteiger partial charge >= 0.3 is 0 Å². The smallest absolute Gasteiger partial charge is 0.246 e. The predicted octanol–water partition coefficient (Wildman–Crippen LogP) is 2.88. The number of rotatable bonds is 6. The summed E-state index contributed by atoms with van der Waals surface area (Å²) in [7, 11) is -3.70. The van der Waals surface area contributed by atoms with Gasteiger partial charge in [-0.25, -0.2) is 8.42 Å². The fourth-order valence-corrected chi connectivity index (χ4v) is 5.67. The van der Waals surface area contributed by atoms with Gasteiger partial charge in [0.2, 0.25) is 22.7 Å². The fraction of sp³-hybridized carbons (Fsp3) is 0.435. The molecular weight excluding hydrogens is 466 g/mol. The number of halogens is 1. The van der Waals surface area contributed by atoms with E-state index in [1.807, 2.05) is 18.2 Å². The van der Waals surface area contributed by atoms with Crippen molar-refractivity contribution in [3.05, 3.63) is 52.5 Å². The number of hydrogen-bond donors (Lipinski definition) is 0. The van der Waals surface area contributed by atoms with E-state index < -0.39 is 16.1 Å². The number of fused-ring (bicyclic) bond motifs is 1. The van der Waals surface area contributed by atoms with Gasteiger partial charge in [-0.1, -0.05) is 23.7 Å². The van der Waals surface area contributed by atoms with Crippen LogP contribution in [0.5, 0.6) is 11.5 Å². The maximum Gasteiger partial charge on any atom is 0.246 e. The second-order valence-corrected chi connectivity index (χ2v) is 10.8. The van der Waals surface area contributed by atoms with Gasteiger partial charge in [-0.15, -0.1) is 0 Å². The van der Waals surface area contributed by atoms with Crippen molar-refractivity contribution in [1.29, 1.82) is 0 Å². The number of nitrogens with zero attached hydrogens (tertiary/aromatic N) is 3. The zero-order valence-corrected chi connectivity index (χ0v) is 20.5. The molecule has 1 amide bonds. The first kappa shape index (κ1) is 23.7. The summed E-state index contributed by atoms with van der Waals surface area (Å²) in [6.07, 6.45) is 1.11. The van der Waals surface area contributed by atoms with Crippen LogP contribution in [0.3, 0.4) is 0 Å². The summed E-state index contributed by atoms with van der Waals surface area (Å²) >= 11 is 6.12. The molecule has 0 N–H and O–H groups in total. The molecule has 1 fully saturated rings. The Morgan fingerprint density at radius 1 is 1.09 bits per heavy atom. The number of carbonyl (C=O) groups is 1. The third kappa shape index (κ3) is 5.20. The van der Waals surface area contributed by atoms with Crippen molar-refractivity contribution in [3.8, 4) is 11.5 Å². The Morgan fingerprint density at radius 3 is 2.48 bits per heavy atom. The Balaban J connectivity index is 1.42. The van der Waals surface area contributed by atoms with E-state index in [2.05, 4.69) is 4.90 Å². The zero-order valence-electron chi connectivity index (χ0n) is 19.0. The number of aryl methyl sites for hydroxylation is 1. The van der Waals surface area contributed by atoms with Crippen molar-refractivity contribution in [2.45, 2.75) is 26.4 Å². The summed E-state index contributed by atoms with van der Waals surface area (Å²) in [4.78, 5) is 17.3. The lowest BCUT2D eigenvalue weighted by Crippen LogP contribution is -2.55. The molecule has 0 bridgehead atoms. The molecule has 2 aliphatic rings. The molecule has 1 atom stereocenters. The lowest BCUT2D eigenvalue weighted by atomic mass is 10.1. The third-order valence-corrected chi connectivity index (χ3v) is 7.46. The Morgan fingerprint density at radius 2 is 1.79 bits per heavy atom. The van der Waals surface area contributed by atoms with Crippen LogP contribution in [0, 0.1) is 6.92 Å². The average molecular weight is 494 g/mol. The topological polar surface area (TPSA) is 79.4 Å². The minimum atomic E-state index is -3.70. The number of ether oxygens (including phenoxy) is 2. The van der Waals surface area contributed by atoms with Gasteiger partial charge in [0.25, 0.3) is 0 Å². The summed E-state index contributed by atoms with van der Waals surface area (Å²) in [6, 6.07) is 10.1. The van der Waals surface area contributed by atoms with E-state index in [0.29, 0.717) is 36.9 Å². The fourth-order valence-electron chi connectivity index (χ4n) is 4.28. The Kier molecular flexibility index (Phi) is 6.74. The standard InChI is InChI=1S/C23H28ClN3O5S/c1-16-4-6-19(24)13-20(16)27(33(3,29)30)17(2)23(28)26-10-8-25(9-11-26)14-18-5-7-21-22(12-18)32-15-31-21/h4-7,12-13,17H,8-11,14-15H2,1-3H3. The molecule has 33 heavy (non-hydrogen) atoms. The van der Waals surface area contributed by atoms with Crippen LogP contribution in [0.2, 0.25) is 5.02 Å². The molecule has 0 spiro atoms. The van der Waals surface area contributed by atoms with Gasteiger partial charge < -0.3 is 14.4 Å². The minimum absolute atomic E-state index is 0.220. The molecule has 178 valence electrons. The molecule has 2 heterocycles. The summed E-state index contributed by atoms with van der Waals surface area (Å²) in [5.41, 5.74) is 2.28. The largest absolute Gasteiger partial charge is 0.454 e. The van der Waals surface area contributed by atoms with Gasteiger partial charge in [-0.2, -0.15) is 0 Å². The lowest BCUT2D eigenvalue weighted by molar-refractivity contribution is -0.133. The minimum Gasteiger partial charge on any atom is -0.454 e. The number of sulfonamides is 1. The van der Waals surface area contributed by atoms with Crippen LogP contribution in [-0.4, -0.2) is 69.4 Å². The van der Waals surface area contributed by atoms with Crippen molar-refractivity contribution in [3.63, 3.8) is 0 Å². The molecule has 0 aliphatic carbocycles. The third-order valence-electron chi connectivity index (χ3n) is 6.00. The number of carbonyl (C=O) groups excluding carboxylic acids is 1. The van der Waals surface area contributed by atoms with Crippen LogP contribution in [0.15, 0.2) is 36.4 Å².